The summed E-state index contributed by atoms with van der Waals surface area (Å²) in [6, 6.07) is 8.36. The first-order valence-electron chi connectivity index (χ1n) is 5.53. The Balaban J connectivity index is 2.35. The molecule has 0 unspecified atom stereocenters. The third kappa shape index (κ3) is 3.31. The Hall–Kier alpha value is -1.11. The van der Waals surface area contributed by atoms with Gasteiger partial charge in [-0.05, 0) is 64.8 Å². The Kier molecular flexibility index (Phi) is 4.36. The van der Waals surface area contributed by atoms with Gasteiger partial charge in [-0.25, -0.2) is 12.8 Å². The summed E-state index contributed by atoms with van der Waals surface area (Å²) in [7, 11) is -3.84. The molecule has 106 valence electrons. The van der Waals surface area contributed by atoms with Gasteiger partial charge >= 0.3 is 0 Å². The minimum atomic E-state index is -3.84. The fraction of sp³-hybridized carbons (Fsp3) is 0.0769. The number of rotatable bonds is 3. The summed E-state index contributed by atoms with van der Waals surface area (Å²) < 4.78 is 40.3. The fourth-order valence-electron chi connectivity index (χ4n) is 1.57. The molecule has 0 spiro atoms. The van der Waals surface area contributed by atoms with E-state index in [2.05, 4.69) is 20.7 Å². The molecule has 0 saturated heterocycles. The topological polar surface area (TPSA) is 46.2 Å². The minimum absolute atomic E-state index is 0.147. The van der Waals surface area contributed by atoms with Crippen LogP contribution in [0, 0.1) is 12.7 Å². The van der Waals surface area contributed by atoms with E-state index in [0.29, 0.717) is 10.7 Å². The highest BCUT2D eigenvalue weighted by Gasteiger charge is 2.16. The predicted molar refractivity (Wildman–Crippen MR) is 81.1 cm³/mol. The zero-order valence-corrected chi connectivity index (χ0v) is 13.5. The maximum Gasteiger partial charge on any atom is 0.261 e. The molecule has 3 nitrogen and oxygen atoms in total. The number of hydrogen-bond donors (Lipinski definition) is 1. The summed E-state index contributed by atoms with van der Waals surface area (Å²) in [6.45, 7) is 1.76. The average Bonchev–Trinajstić information content (AvgIpc) is 2.37. The number of benzene rings is 2. The highest BCUT2D eigenvalue weighted by atomic mass is 79.9. The smallest absolute Gasteiger partial charge is 0.261 e. The summed E-state index contributed by atoms with van der Waals surface area (Å²) >= 11 is 8.85. The van der Waals surface area contributed by atoms with Gasteiger partial charge in [-0.1, -0.05) is 11.6 Å². The SMILES string of the molecule is Cc1cc(NS(=O)(=O)c2ccc(Br)c(F)c2)ccc1Cl. The van der Waals surface area contributed by atoms with Gasteiger partial charge in [0.2, 0.25) is 0 Å². The fourth-order valence-corrected chi connectivity index (χ4v) is 2.99. The van der Waals surface area contributed by atoms with Gasteiger partial charge in [-0.3, -0.25) is 4.72 Å². The third-order valence-corrected chi connectivity index (χ3v) is 5.06. The lowest BCUT2D eigenvalue weighted by Gasteiger charge is -2.09. The summed E-state index contributed by atoms with van der Waals surface area (Å²) in [5.41, 5.74) is 1.11. The maximum atomic E-state index is 13.4. The van der Waals surface area contributed by atoms with Crippen molar-refractivity contribution in [3.05, 3.63) is 57.3 Å². The van der Waals surface area contributed by atoms with Crippen molar-refractivity contribution < 1.29 is 12.8 Å². The van der Waals surface area contributed by atoms with E-state index in [4.69, 9.17) is 11.6 Å². The summed E-state index contributed by atoms with van der Waals surface area (Å²) in [5.74, 6) is -0.639. The Bertz CT molecular complexity index is 765. The number of nitrogens with one attached hydrogen (secondary N) is 1. The van der Waals surface area contributed by atoms with E-state index in [0.717, 1.165) is 11.6 Å². The zero-order chi connectivity index (χ0) is 14.9. The van der Waals surface area contributed by atoms with Crippen molar-refractivity contribution in [2.24, 2.45) is 0 Å². The molecule has 0 aromatic heterocycles. The number of anilines is 1. The van der Waals surface area contributed by atoms with Crippen molar-refractivity contribution in [1.82, 2.24) is 0 Å². The second-order valence-electron chi connectivity index (χ2n) is 4.15. The quantitative estimate of drug-likeness (QED) is 0.863. The Morgan fingerprint density at radius 1 is 1.20 bits per heavy atom. The van der Waals surface area contributed by atoms with Crippen LogP contribution in [0.2, 0.25) is 5.02 Å². The first-order chi connectivity index (χ1) is 9.29. The van der Waals surface area contributed by atoms with E-state index in [1.54, 1.807) is 25.1 Å². The van der Waals surface area contributed by atoms with Gasteiger partial charge < -0.3 is 0 Å². The standard InChI is InChI=1S/C13H10BrClFNO2S/c1-8-6-9(2-5-12(8)15)17-20(18,19)10-3-4-11(14)13(16)7-10/h2-7,17H,1H3. The Morgan fingerprint density at radius 2 is 1.90 bits per heavy atom. The van der Waals surface area contributed by atoms with Gasteiger partial charge in [0.05, 0.1) is 9.37 Å². The molecule has 2 aromatic rings. The van der Waals surface area contributed by atoms with Gasteiger partial charge in [-0.2, -0.15) is 0 Å². The molecule has 0 fully saturated rings. The predicted octanol–water partition coefficient (Wildman–Crippen LogP) is 4.35. The van der Waals surface area contributed by atoms with Crippen LogP contribution in [0.25, 0.3) is 0 Å². The second-order valence-corrected chi connectivity index (χ2v) is 7.09. The van der Waals surface area contributed by atoms with Crippen LogP contribution in [0.3, 0.4) is 0 Å². The molecule has 0 atom stereocenters. The van der Waals surface area contributed by atoms with E-state index in [9.17, 15) is 12.8 Å². The van der Waals surface area contributed by atoms with Gasteiger partial charge in [0, 0.05) is 10.7 Å². The molecule has 0 saturated carbocycles. The molecule has 0 aliphatic rings. The molecule has 1 N–H and O–H groups in total. The van der Waals surface area contributed by atoms with Crippen molar-refractivity contribution in [1.29, 1.82) is 0 Å². The molecule has 0 bridgehead atoms. The lowest BCUT2D eigenvalue weighted by atomic mass is 10.2. The molecule has 20 heavy (non-hydrogen) atoms. The second kappa shape index (κ2) is 5.71. The van der Waals surface area contributed by atoms with Crippen LogP contribution in [0.4, 0.5) is 10.1 Å². The van der Waals surface area contributed by atoms with E-state index in [-0.39, 0.29) is 9.37 Å². The van der Waals surface area contributed by atoms with Crippen LogP contribution >= 0.6 is 27.5 Å². The van der Waals surface area contributed by atoms with Crippen molar-refractivity contribution in [3.8, 4) is 0 Å². The monoisotopic (exact) mass is 377 g/mol. The van der Waals surface area contributed by atoms with Crippen molar-refractivity contribution >= 4 is 43.2 Å². The first-order valence-corrected chi connectivity index (χ1v) is 8.19. The lowest BCUT2D eigenvalue weighted by Crippen LogP contribution is -2.13. The van der Waals surface area contributed by atoms with Crippen molar-refractivity contribution in [2.45, 2.75) is 11.8 Å². The van der Waals surface area contributed by atoms with Crippen LogP contribution in [0.1, 0.15) is 5.56 Å². The molecule has 0 amide bonds. The van der Waals surface area contributed by atoms with Crippen LogP contribution in [0.5, 0.6) is 0 Å². The molecule has 0 radical (unpaired) electrons. The Morgan fingerprint density at radius 3 is 2.50 bits per heavy atom. The molecule has 2 rings (SSSR count). The first kappa shape index (κ1) is 15.3. The van der Waals surface area contributed by atoms with Crippen molar-refractivity contribution in [2.75, 3.05) is 4.72 Å². The van der Waals surface area contributed by atoms with Gasteiger partial charge in [0.25, 0.3) is 10.0 Å². The molecule has 0 aliphatic carbocycles. The van der Waals surface area contributed by atoms with Gasteiger partial charge in [0.15, 0.2) is 0 Å². The largest absolute Gasteiger partial charge is 0.280 e. The van der Waals surface area contributed by atoms with E-state index < -0.39 is 15.8 Å². The number of halogens is 3. The van der Waals surface area contributed by atoms with E-state index in [1.165, 1.54) is 12.1 Å². The van der Waals surface area contributed by atoms with Crippen LogP contribution in [0.15, 0.2) is 45.8 Å². The Labute approximate surface area is 130 Å². The highest BCUT2D eigenvalue weighted by molar-refractivity contribution is 9.10. The van der Waals surface area contributed by atoms with E-state index in [1.807, 2.05) is 0 Å². The lowest BCUT2D eigenvalue weighted by molar-refractivity contribution is 0.593. The maximum absolute atomic E-state index is 13.4. The molecular formula is C13H10BrClFNO2S. The van der Waals surface area contributed by atoms with Gasteiger partial charge in [0.1, 0.15) is 5.82 Å². The molecule has 7 heteroatoms. The number of hydrogen-bond acceptors (Lipinski definition) is 2. The molecule has 0 heterocycles. The summed E-state index contributed by atoms with van der Waals surface area (Å²) in [4.78, 5) is -0.147. The van der Waals surface area contributed by atoms with Crippen LogP contribution < -0.4 is 4.72 Å². The minimum Gasteiger partial charge on any atom is -0.280 e. The van der Waals surface area contributed by atoms with E-state index >= 15 is 0 Å². The zero-order valence-electron chi connectivity index (χ0n) is 10.3. The van der Waals surface area contributed by atoms with Gasteiger partial charge in [-0.15, -0.1) is 0 Å². The summed E-state index contributed by atoms with van der Waals surface area (Å²) in [5, 5.41) is 0.544. The van der Waals surface area contributed by atoms with Crippen LogP contribution in [-0.2, 0) is 10.0 Å². The highest BCUT2D eigenvalue weighted by Crippen LogP contribution is 2.24. The van der Waals surface area contributed by atoms with Crippen molar-refractivity contribution in [3.63, 3.8) is 0 Å². The average molecular weight is 379 g/mol. The van der Waals surface area contributed by atoms with Crippen LogP contribution in [-0.4, -0.2) is 8.42 Å². The molecule has 2 aromatic carbocycles. The molecular weight excluding hydrogens is 369 g/mol. The molecule has 0 aliphatic heterocycles. The number of aryl methyl sites for hydroxylation is 1. The third-order valence-electron chi connectivity index (χ3n) is 2.61. The summed E-state index contributed by atoms with van der Waals surface area (Å²) in [6.07, 6.45) is 0. The number of sulfonamides is 1. The normalized spacial score (nSPS) is 11.4.